The molecule has 0 heterocycles. The van der Waals surface area contributed by atoms with Crippen LogP contribution >= 0.6 is 27.7 Å². The number of anilines is 1. The first-order chi connectivity index (χ1) is 9.60. The Balaban J connectivity index is 2.10. The molecule has 2 aromatic carbocycles. The molecule has 2 rings (SSSR count). The van der Waals surface area contributed by atoms with Crippen LogP contribution in [0.4, 0.5) is 11.4 Å². The summed E-state index contributed by atoms with van der Waals surface area (Å²) in [4.78, 5) is 11.5. The fourth-order valence-corrected chi connectivity index (χ4v) is 2.75. The first kappa shape index (κ1) is 14.8. The predicted octanol–water partition coefficient (Wildman–Crippen LogP) is 3.94. The fourth-order valence-electron chi connectivity index (χ4n) is 1.65. The quantitative estimate of drug-likeness (QED) is 0.368. The summed E-state index contributed by atoms with van der Waals surface area (Å²) in [6.45, 7) is 0. The molecular weight excluding hydrogens is 342 g/mol. The number of thioether (sulfide) groups is 1. The van der Waals surface area contributed by atoms with E-state index in [1.807, 2.05) is 24.3 Å². The van der Waals surface area contributed by atoms with E-state index in [4.69, 9.17) is 5.84 Å². The van der Waals surface area contributed by atoms with E-state index in [1.54, 1.807) is 23.9 Å². The SMILES string of the molecule is NNc1cc(CSc2ccc(Br)cc2)ccc1[N+](=O)[O-]. The number of rotatable bonds is 5. The van der Waals surface area contributed by atoms with E-state index in [9.17, 15) is 10.1 Å². The van der Waals surface area contributed by atoms with Crippen molar-refractivity contribution in [1.29, 1.82) is 0 Å². The van der Waals surface area contributed by atoms with E-state index >= 15 is 0 Å². The topological polar surface area (TPSA) is 81.2 Å². The maximum atomic E-state index is 10.8. The third kappa shape index (κ3) is 3.72. The second-order valence-corrected chi connectivity index (χ2v) is 5.96. The van der Waals surface area contributed by atoms with Crippen molar-refractivity contribution in [3.63, 3.8) is 0 Å². The van der Waals surface area contributed by atoms with Gasteiger partial charge in [-0.3, -0.25) is 16.0 Å². The van der Waals surface area contributed by atoms with Crippen LogP contribution < -0.4 is 11.3 Å². The largest absolute Gasteiger partial charge is 0.318 e. The minimum atomic E-state index is -0.458. The van der Waals surface area contributed by atoms with Gasteiger partial charge < -0.3 is 5.43 Å². The van der Waals surface area contributed by atoms with Crippen molar-refractivity contribution in [2.75, 3.05) is 5.43 Å². The normalized spacial score (nSPS) is 10.3. The lowest BCUT2D eigenvalue weighted by atomic mass is 10.2. The molecule has 0 aliphatic rings. The predicted molar refractivity (Wildman–Crippen MR) is 84.6 cm³/mol. The number of nitrogens with zero attached hydrogens (tertiary/aromatic N) is 1. The van der Waals surface area contributed by atoms with Crippen molar-refractivity contribution in [2.24, 2.45) is 5.84 Å². The lowest BCUT2D eigenvalue weighted by molar-refractivity contribution is -0.384. The van der Waals surface area contributed by atoms with Gasteiger partial charge in [-0.25, -0.2) is 0 Å². The van der Waals surface area contributed by atoms with Crippen molar-refractivity contribution in [1.82, 2.24) is 0 Å². The number of nitro benzene ring substituents is 1. The molecule has 0 radical (unpaired) electrons. The number of benzene rings is 2. The molecule has 0 aromatic heterocycles. The van der Waals surface area contributed by atoms with Gasteiger partial charge in [0.2, 0.25) is 0 Å². The van der Waals surface area contributed by atoms with Crippen molar-refractivity contribution in [2.45, 2.75) is 10.6 Å². The highest BCUT2D eigenvalue weighted by molar-refractivity contribution is 9.10. The minimum Gasteiger partial charge on any atom is -0.318 e. The Morgan fingerprint density at radius 2 is 1.95 bits per heavy atom. The second-order valence-electron chi connectivity index (χ2n) is 4.00. The summed E-state index contributed by atoms with van der Waals surface area (Å²) < 4.78 is 1.03. The molecule has 5 nitrogen and oxygen atoms in total. The van der Waals surface area contributed by atoms with Gasteiger partial charge >= 0.3 is 0 Å². The summed E-state index contributed by atoms with van der Waals surface area (Å²) in [6.07, 6.45) is 0. The summed E-state index contributed by atoms with van der Waals surface area (Å²) in [7, 11) is 0. The smallest absolute Gasteiger partial charge is 0.293 e. The first-order valence-electron chi connectivity index (χ1n) is 5.72. The van der Waals surface area contributed by atoms with Gasteiger partial charge in [0.15, 0.2) is 0 Å². The number of nitrogen functional groups attached to an aromatic ring is 1. The molecule has 7 heteroatoms. The van der Waals surface area contributed by atoms with Crippen LogP contribution in [0.1, 0.15) is 5.56 Å². The Hall–Kier alpha value is -1.57. The summed E-state index contributed by atoms with van der Waals surface area (Å²) in [6, 6.07) is 12.9. The standard InChI is InChI=1S/C13H12BrN3O2S/c14-10-2-4-11(5-3-10)20-8-9-1-6-13(17(18)19)12(7-9)16-15/h1-7,16H,8,15H2. The van der Waals surface area contributed by atoms with Gasteiger partial charge in [0.1, 0.15) is 5.69 Å². The molecule has 2 aromatic rings. The van der Waals surface area contributed by atoms with Crippen molar-refractivity contribution in [3.05, 3.63) is 62.6 Å². The van der Waals surface area contributed by atoms with Gasteiger partial charge in [-0.1, -0.05) is 22.0 Å². The maximum Gasteiger partial charge on any atom is 0.293 e. The molecule has 0 aliphatic carbocycles. The Morgan fingerprint density at radius 1 is 1.25 bits per heavy atom. The lowest BCUT2D eigenvalue weighted by Crippen LogP contribution is -2.09. The number of nitrogens with one attached hydrogen (secondary N) is 1. The van der Waals surface area contributed by atoms with Crippen molar-refractivity contribution < 1.29 is 4.92 Å². The summed E-state index contributed by atoms with van der Waals surface area (Å²) in [5.41, 5.74) is 3.63. The van der Waals surface area contributed by atoms with E-state index in [-0.39, 0.29) is 5.69 Å². The van der Waals surface area contributed by atoms with Gasteiger partial charge in [-0.15, -0.1) is 11.8 Å². The van der Waals surface area contributed by atoms with Crippen molar-refractivity contribution >= 4 is 39.1 Å². The number of hydrogen-bond donors (Lipinski definition) is 2. The van der Waals surface area contributed by atoms with E-state index in [1.165, 1.54) is 6.07 Å². The molecule has 0 unspecified atom stereocenters. The van der Waals surface area contributed by atoms with Gasteiger partial charge in [0.25, 0.3) is 5.69 Å². The zero-order valence-corrected chi connectivity index (χ0v) is 12.8. The highest BCUT2D eigenvalue weighted by Gasteiger charge is 2.13. The third-order valence-electron chi connectivity index (χ3n) is 2.63. The molecule has 104 valence electrons. The van der Waals surface area contributed by atoms with Gasteiger partial charge in [0, 0.05) is 21.2 Å². The average molecular weight is 354 g/mol. The molecule has 0 atom stereocenters. The monoisotopic (exact) mass is 353 g/mol. The minimum absolute atomic E-state index is 0.0232. The molecule has 0 aliphatic heterocycles. The van der Waals surface area contributed by atoms with Gasteiger partial charge in [-0.2, -0.15) is 0 Å². The van der Waals surface area contributed by atoms with Crippen LogP contribution in [-0.4, -0.2) is 4.92 Å². The summed E-state index contributed by atoms with van der Waals surface area (Å²) >= 11 is 5.04. The van der Waals surface area contributed by atoms with Gasteiger partial charge in [-0.05, 0) is 35.9 Å². The highest BCUT2D eigenvalue weighted by Crippen LogP contribution is 2.29. The summed E-state index contributed by atoms with van der Waals surface area (Å²) in [5.74, 6) is 6.03. The first-order valence-corrected chi connectivity index (χ1v) is 7.50. The Labute approximate surface area is 128 Å². The second kappa shape index (κ2) is 6.74. The third-order valence-corrected chi connectivity index (χ3v) is 4.24. The molecule has 3 N–H and O–H groups in total. The molecular formula is C13H12BrN3O2S. The van der Waals surface area contributed by atoms with E-state index < -0.39 is 4.92 Å². The van der Waals surface area contributed by atoms with Crippen LogP contribution in [0, 0.1) is 10.1 Å². The molecule has 0 spiro atoms. The van der Waals surface area contributed by atoms with Crippen LogP contribution in [0.2, 0.25) is 0 Å². The zero-order chi connectivity index (χ0) is 14.5. The Morgan fingerprint density at radius 3 is 2.55 bits per heavy atom. The number of nitro groups is 1. The van der Waals surface area contributed by atoms with Crippen LogP contribution in [0.5, 0.6) is 0 Å². The molecule has 0 amide bonds. The summed E-state index contributed by atoms with van der Waals surface area (Å²) in [5, 5.41) is 10.8. The number of halogens is 1. The van der Waals surface area contributed by atoms with E-state index in [0.29, 0.717) is 11.4 Å². The fraction of sp³-hybridized carbons (Fsp3) is 0.0769. The number of hydrogen-bond acceptors (Lipinski definition) is 5. The van der Waals surface area contributed by atoms with Crippen molar-refractivity contribution in [3.8, 4) is 0 Å². The zero-order valence-electron chi connectivity index (χ0n) is 10.4. The lowest BCUT2D eigenvalue weighted by Gasteiger charge is -2.06. The highest BCUT2D eigenvalue weighted by atomic mass is 79.9. The maximum absolute atomic E-state index is 10.8. The van der Waals surface area contributed by atoms with Crippen LogP contribution in [0.3, 0.4) is 0 Å². The molecule has 0 fully saturated rings. The Kier molecular flexibility index (Phi) is 4.99. The Bertz CT molecular complexity index is 620. The van der Waals surface area contributed by atoms with E-state index in [2.05, 4.69) is 21.4 Å². The van der Waals surface area contributed by atoms with Crippen LogP contribution in [-0.2, 0) is 5.75 Å². The molecule has 20 heavy (non-hydrogen) atoms. The van der Waals surface area contributed by atoms with Crippen LogP contribution in [0.15, 0.2) is 51.8 Å². The number of nitrogens with two attached hydrogens (primary N) is 1. The van der Waals surface area contributed by atoms with Gasteiger partial charge in [0.05, 0.1) is 4.92 Å². The molecule has 0 saturated heterocycles. The number of hydrazine groups is 1. The molecule has 0 saturated carbocycles. The molecule has 0 bridgehead atoms. The average Bonchev–Trinajstić information content (AvgIpc) is 2.46. The van der Waals surface area contributed by atoms with E-state index in [0.717, 1.165) is 14.9 Å². The van der Waals surface area contributed by atoms with Crippen LogP contribution in [0.25, 0.3) is 0 Å².